The van der Waals surface area contributed by atoms with Gasteiger partial charge >= 0.3 is 6.11 Å². The van der Waals surface area contributed by atoms with Crippen molar-refractivity contribution >= 4 is 0 Å². The Balaban J connectivity index is 2.61. The van der Waals surface area contributed by atoms with Gasteiger partial charge < -0.3 is 5.11 Å². The van der Waals surface area contributed by atoms with E-state index in [1.165, 1.54) is 12.1 Å². The van der Waals surface area contributed by atoms with E-state index in [2.05, 4.69) is 0 Å². The van der Waals surface area contributed by atoms with Crippen molar-refractivity contribution in [2.24, 2.45) is 0 Å². The van der Waals surface area contributed by atoms with Gasteiger partial charge in [0, 0.05) is 5.56 Å². The Kier molecular flexibility index (Phi) is 3.52. The van der Waals surface area contributed by atoms with E-state index in [-0.39, 0.29) is 11.1 Å². The molecule has 0 saturated heterocycles. The van der Waals surface area contributed by atoms with Gasteiger partial charge in [-0.1, -0.05) is 12.1 Å². The van der Waals surface area contributed by atoms with Crippen LogP contribution >= 0.6 is 0 Å². The third-order valence-electron chi connectivity index (χ3n) is 2.78. The van der Waals surface area contributed by atoms with Crippen LogP contribution in [0.15, 0.2) is 30.3 Å². The number of alkyl halides is 2. The van der Waals surface area contributed by atoms with Crippen LogP contribution in [-0.4, -0.2) is 5.11 Å². The van der Waals surface area contributed by atoms with E-state index in [0.717, 1.165) is 6.07 Å². The zero-order valence-electron chi connectivity index (χ0n) is 10.2. The zero-order valence-corrected chi connectivity index (χ0v) is 10.2. The predicted octanol–water partition coefficient (Wildman–Crippen LogP) is 4.12. The van der Waals surface area contributed by atoms with Crippen molar-refractivity contribution < 1.29 is 27.1 Å². The number of rotatable bonds is 2. The van der Waals surface area contributed by atoms with Crippen LogP contribution in [0.4, 0.5) is 22.0 Å². The Bertz CT molecular complexity index is 638. The quantitative estimate of drug-likeness (QED) is 0.824. The molecule has 0 heterocycles. The largest absolute Gasteiger partial charge is 0.386 e. The molecule has 0 radical (unpaired) electrons. The SMILES string of the molecule is Cc1ccc(-c2cc(F)c(C(O)(F)F)c(F)c2)c(F)c1. The van der Waals surface area contributed by atoms with Gasteiger partial charge in [-0.2, -0.15) is 8.78 Å². The third kappa shape index (κ3) is 2.65. The summed E-state index contributed by atoms with van der Waals surface area (Å²) in [6.45, 7) is 1.63. The third-order valence-corrected chi connectivity index (χ3v) is 2.78. The van der Waals surface area contributed by atoms with E-state index >= 15 is 0 Å². The van der Waals surface area contributed by atoms with E-state index in [1.54, 1.807) is 6.92 Å². The van der Waals surface area contributed by atoms with Gasteiger partial charge in [-0.15, -0.1) is 0 Å². The molecule has 1 nitrogen and oxygen atoms in total. The summed E-state index contributed by atoms with van der Waals surface area (Å²) in [4.78, 5) is 0. The average Bonchev–Trinajstić information content (AvgIpc) is 2.25. The normalized spacial score (nSPS) is 11.8. The van der Waals surface area contributed by atoms with Gasteiger partial charge in [0.2, 0.25) is 0 Å². The summed E-state index contributed by atoms with van der Waals surface area (Å²) in [5, 5.41) is 8.42. The topological polar surface area (TPSA) is 20.2 Å². The molecule has 0 aromatic heterocycles. The Labute approximate surface area is 111 Å². The summed E-state index contributed by atoms with van der Waals surface area (Å²) in [6, 6.07) is 5.06. The highest BCUT2D eigenvalue weighted by molar-refractivity contribution is 5.65. The van der Waals surface area contributed by atoms with E-state index in [4.69, 9.17) is 5.11 Å². The molecule has 0 fully saturated rings. The standard InChI is InChI=1S/C14H9F5O/c1-7-2-3-9(10(15)4-7)8-5-11(16)13(12(17)6-8)14(18,19)20/h2-6,20H,1H3. The molecule has 0 unspecified atom stereocenters. The van der Waals surface area contributed by atoms with E-state index < -0.39 is 29.1 Å². The van der Waals surface area contributed by atoms with Crippen molar-refractivity contribution in [1.82, 2.24) is 0 Å². The van der Waals surface area contributed by atoms with Crippen LogP contribution in [0.3, 0.4) is 0 Å². The smallest absolute Gasteiger partial charge is 0.332 e. The second-order valence-corrected chi connectivity index (χ2v) is 4.34. The first-order valence-electron chi connectivity index (χ1n) is 5.56. The molecule has 1 N–H and O–H groups in total. The first kappa shape index (κ1) is 14.5. The van der Waals surface area contributed by atoms with Crippen LogP contribution in [0.2, 0.25) is 0 Å². The van der Waals surface area contributed by atoms with Gasteiger partial charge in [0.1, 0.15) is 23.0 Å². The maximum atomic E-state index is 13.7. The van der Waals surface area contributed by atoms with Gasteiger partial charge in [-0.3, -0.25) is 0 Å². The second kappa shape index (κ2) is 4.86. The van der Waals surface area contributed by atoms with E-state index in [9.17, 15) is 22.0 Å². The number of benzene rings is 2. The number of hydrogen-bond acceptors (Lipinski definition) is 1. The van der Waals surface area contributed by atoms with Gasteiger partial charge in [0.05, 0.1) is 0 Å². The summed E-state index contributed by atoms with van der Waals surface area (Å²) in [7, 11) is 0. The monoisotopic (exact) mass is 288 g/mol. The average molecular weight is 288 g/mol. The number of aliphatic hydroxyl groups is 1. The van der Waals surface area contributed by atoms with Crippen molar-refractivity contribution in [3.63, 3.8) is 0 Å². The minimum atomic E-state index is -4.64. The molecule has 0 aliphatic carbocycles. The summed E-state index contributed by atoms with van der Waals surface area (Å²) in [5.41, 5.74) is -1.51. The molecule has 0 atom stereocenters. The maximum absolute atomic E-state index is 13.7. The fraction of sp³-hybridized carbons (Fsp3) is 0.143. The van der Waals surface area contributed by atoms with Crippen LogP contribution < -0.4 is 0 Å². The predicted molar refractivity (Wildman–Crippen MR) is 62.6 cm³/mol. The summed E-state index contributed by atoms with van der Waals surface area (Å²) < 4.78 is 66.0. The van der Waals surface area contributed by atoms with Crippen molar-refractivity contribution in [3.05, 3.63) is 58.9 Å². The molecule has 0 aliphatic rings. The van der Waals surface area contributed by atoms with Crippen molar-refractivity contribution in [1.29, 1.82) is 0 Å². The highest BCUT2D eigenvalue weighted by Crippen LogP contribution is 2.33. The molecular weight excluding hydrogens is 279 g/mol. The van der Waals surface area contributed by atoms with Crippen LogP contribution in [0.1, 0.15) is 11.1 Å². The molecule has 0 saturated carbocycles. The second-order valence-electron chi connectivity index (χ2n) is 4.34. The fourth-order valence-corrected chi connectivity index (χ4v) is 1.87. The molecule has 2 aromatic rings. The van der Waals surface area contributed by atoms with Crippen molar-refractivity contribution in [2.75, 3.05) is 0 Å². The lowest BCUT2D eigenvalue weighted by molar-refractivity contribution is -0.212. The van der Waals surface area contributed by atoms with Crippen LogP contribution in [0.25, 0.3) is 11.1 Å². The summed E-state index contributed by atoms with van der Waals surface area (Å²) in [5.74, 6) is -4.02. The summed E-state index contributed by atoms with van der Waals surface area (Å²) >= 11 is 0. The molecule has 20 heavy (non-hydrogen) atoms. The van der Waals surface area contributed by atoms with Crippen molar-refractivity contribution in [2.45, 2.75) is 13.0 Å². The minimum absolute atomic E-state index is 0.124. The van der Waals surface area contributed by atoms with Crippen molar-refractivity contribution in [3.8, 4) is 11.1 Å². The highest BCUT2D eigenvalue weighted by atomic mass is 19.3. The number of hydrogen-bond donors (Lipinski definition) is 1. The van der Waals surface area contributed by atoms with E-state index in [0.29, 0.717) is 17.7 Å². The molecular formula is C14H9F5O. The Morgan fingerprint density at radius 2 is 1.45 bits per heavy atom. The molecule has 106 valence electrons. The maximum Gasteiger partial charge on any atom is 0.386 e. The fourth-order valence-electron chi connectivity index (χ4n) is 1.87. The number of aryl methyl sites for hydroxylation is 1. The Hall–Kier alpha value is -1.95. The molecule has 6 heteroatoms. The Morgan fingerprint density at radius 1 is 0.900 bits per heavy atom. The van der Waals surface area contributed by atoms with E-state index in [1.807, 2.05) is 0 Å². The molecule has 2 rings (SSSR count). The first-order valence-corrected chi connectivity index (χ1v) is 5.56. The van der Waals surface area contributed by atoms with Crippen LogP contribution in [0.5, 0.6) is 0 Å². The Morgan fingerprint density at radius 3 is 1.90 bits per heavy atom. The van der Waals surface area contributed by atoms with Gasteiger partial charge in [0.25, 0.3) is 0 Å². The van der Waals surface area contributed by atoms with Crippen LogP contribution in [-0.2, 0) is 6.11 Å². The molecule has 0 amide bonds. The number of halogens is 5. The van der Waals surface area contributed by atoms with Crippen LogP contribution in [0, 0.1) is 24.4 Å². The minimum Gasteiger partial charge on any atom is -0.332 e. The molecule has 0 spiro atoms. The summed E-state index contributed by atoms with van der Waals surface area (Å²) in [6.07, 6.45) is -4.64. The molecule has 0 aliphatic heterocycles. The molecule has 0 bridgehead atoms. The van der Waals surface area contributed by atoms with Gasteiger partial charge in [0.15, 0.2) is 0 Å². The van der Waals surface area contributed by atoms with Gasteiger partial charge in [-0.25, -0.2) is 13.2 Å². The lowest BCUT2D eigenvalue weighted by Gasteiger charge is -2.13. The molecule has 2 aromatic carbocycles. The van der Waals surface area contributed by atoms with Gasteiger partial charge in [-0.05, 0) is 36.2 Å². The zero-order chi connectivity index (χ0) is 15.1. The highest BCUT2D eigenvalue weighted by Gasteiger charge is 2.35. The lowest BCUT2D eigenvalue weighted by Crippen LogP contribution is -2.16. The lowest BCUT2D eigenvalue weighted by atomic mass is 10.0. The first-order chi connectivity index (χ1) is 9.20.